The average molecular weight is 448 g/mol. The van der Waals surface area contributed by atoms with Gasteiger partial charge in [-0.25, -0.2) is 4.98 Å². The number of fused-ring (bicyclic) bond motifs is 2. The van der Waals surface area contributed by atoms with Crippen molar-refractivity contribution in [2.24, 2.45) is 0 Å². The Bertz CT molecular complexity index is 1260. The van der Waals surface area contributed by atoms with E-state index in [1.165, 1.54) is 11.3 Å². The first-order chi connectivity index (χ1) is 15.6. The Balaban J connectivity index is 1.52. The summed E-state index contributed by atoms with van der Waals surface area (Å²) in [4.78, 5) is 24.5. The van der Waals surface area contributed by atoms with Crippen molar-refractivity contribution >= 4 is 32.6 Å². The van der Waals surface area contributed by atoms with E-state index >= 15 is 0 Å². The van der Waals surface area contributed by atoms with Crippen molar-refractivity contribution in [1.82, 2.24) is 9.97 Å². The van der Waals surface area contributed by atoms with E-state index in [0.717, 1.165) is 15.9 Å². The van der Waals surface area contributed by atoms with Gasteiger partial charge in [0.05, 0.1) is 29.6 Å². The second-order valence-electron chi connectivity index (χ2n) is 7.38. The minimum atomic E-state index is -0.810. The summed E-state index contributed by atoms with van der Waals surface area (Å²) in [6, 6.07) is 18.7. The topological polar surface area (TPSA) is 73.8 Å². The molecule has 32 heavy (non-hydrogen) atoms. The number of thiazole rings is 1. The second-order valence-corrected chi connectivity index (χ2v) is 8.39. The van der Waals surface area contributed by atoms with Crippen molar-refractivity contribution in [3.05, 3.63) is 72.6 Å². The number of amides is 1. The monoisotopic (exact) mass is 447 g/mol. The molecule has 1 amide bonds. The summed E-state index contributed by atoms with van der Waals surface area (Å²) in [5, 5.41) is 0.568. The molecule has 0 fully saturated rings. The third-order valence-electron chi connectivity index (χ3n) is 5.21. The molecular weight excluding hydrogens is 426 g/mol. The van der Waals surface area contributed by atoms with Crippen LogP contribution < -0.4 is 19.1 Å². The van der Waals surface area contributed by atoms with Crippen LogP contribution in [0.4, 0.5) is 5.13 Å². The predicted molar refractivity (Wildman–Crippen MR) is 123 cm³/mol. The van der Waals surface area contributed by atoms with Crippen LogP contribution in [0.3, 0.4) is 0 Å². The van der Waals surface area contributed by atoms with E-state index in [2.05, 4.69) is 4.98 Å². The summed E-state index contributed by atoms with van der Waals surface area (Å²) in [6.07, 6.45) is 0.439. The maximum absolute atomic E-state index is 13.8. The highest BCUT2D eigenvalue weighted by Crippen LogP contribution is 2.36. The van der Waals surface area contributed by atoms with Gasteiger partial charge in [0.2, 0.25) is 6.10 Å². The zero-order valence-corrected chi connectivity index (χ0v) is 18.4. The highest BCUT2D eigenvalue weighted by Gasteiger charge is 2.38. The first-order valence-electron chi connectivity index (χ1n) is 10.2. The smallest absolute Gasteiger partial charge is 0.274 e. The molecule has 4 aromatic rings. The van der Waals surface area contributed by atoms with Gasteiger partial charge in [-0.1, -0.05) is 29.5 Å². The van der Waals surface area contributed by atoms with Gasteiger partial charge in [0.25, 0.3) is 5.91 Å². The van der Waals surface area contributed by atoms with E-state index in [0.29, 0.717) is 22.4 Å². The van der Waals surface area contributed by atoms with Crippen LogP contribution in [-0.2, 0) is 11.3 Å². The number of methoxy groups -OCH3 is 1. The molecule has 1 aliphatic rings. The minimum Gasteiger partial charge on any atom is -0.497 e. The number of carbonyl (C=O) groups excluding carboxylic acids is 1. The molecule has 2 aromatic carbocycles. The van der Waals surface area contributed by atoms with Crippen molar-refractivity contribution in [3.8, 4) is 17.2 Å². The van der Waals surface area contributed by atoms with Gasteiger partial charge in [-0.05, 0) is 43.3 Å². The fourth-order valence-corrected chi connectivity index (χ4v) is 4.53. The highest BCUT2D eigenvalue weighted by molar-refractivity contribution is 7.22. The van der Waals surface area contributed by atoms with E-state index in [1.807, 2.05) is 61.5 Å². The lowest BCUT2D eigenvalue weighted by Crippen LogP contribution is -2.50. The number of anilines is 1. The van der Waals surface area contributed by atoms with Gasteiger partial charge in [0.1, 0.15) is 11.9 Å². The maximum Gasteiger partial charge on any atom is 0.274 e. The molecule has 2 atom stereocenters. The van der Waals surface area contributed by atoms with Gasteiger partial charge in [-0.3, -0.25) is 14.7 Å². The molecule has 0 radical (unpaired) electrons. The van der Waals surface area contributed by atoms with E-state index in [9.17, 15) is 4.79 Å². The van der Waals surface area contributed by atoms with Gasteiger partial charge >= 0.3 is 0 Å². The fraction of sp³-hybridized carbons (Fsp3) is 0.208. The number of carbonyl (C=O) groups is 1. The van der Waals surface area contributed by atoms with Crippen LogP contribution in [-0.4, -0.2) is 35.2 Å². The van der Waals surface area contributed by atoms with Gasteiger partial charge in [0.15, 0.2) is 16.6 Å². The number of hydrogen-bond acceptors (Lipinski definition) is 7. The SMILES string of the molecule is COc1ccc2sc(N(Cc3ccccn3)C(=O)C3Oc4ccccc4OC3C)nc2c1. The number of ether oxygens (including phenoxy) is 3. The third-order valence-corrected chi connectivity index (χ3v) is 6.27. The molecule has 0 saturated heterocycles. The van der Waals surface area contributed by atoms with Crippen LogP contribution >= 0.6 is 11.3 Å². The lowest BCUT2D eigenvalue weighted by atomic mass is 10.1. The fourth-order valence-electron chi connectivity index (χ4n) is 3.58. The van der Waals surface area contributed by atoms with Crippen LogP contribution in [0.15, 0.2) is 66.9 Å². The third kappa shape index (κ3) is 3.85. The molecule has 1 aliphatic heterocycles. The van der Waals surface area contributed by atoms with E-state index < -0.39 is 12.2 Å². The quantitative estimate of drug-likeness (QED) is 0.450. The second kappa shape index (κ2) is 8.47. The standard InChI is InChI=1S/C24H21N3O4S/c1-15-22(31-20-9-4-3-8-19(20)30-15)23(28)27(14-16-7-5-6-12-25-16)24-26-18-13-17(29-2)10-11-21(18)32-24/h3-13,15,22H,14H2,1-2H3. The number of pyridine rings is 1. The molecule has 2 unspecified atom stereocenters. The van der Waals surface area contributed by atoms with E-state index in [4.69, 9.17) is 19.2 Å². The van der Waals surface area contributed by atoms with Crippen LogP contribution in [0, 0.1) is 0 Å². The number of hydrogen-bond donors (Lipinski definition) is 0. The van der Waals surface area contributed by atoms with Gasteiger partial charge in [-0.15, -0.1) is 0 Å². The minimum absolute atomic E-state index is 0.233. The summed E-state index contributed by atoms with van der Waals surface area (Å²) < 4.78 is 18.3. The first-order valence-corrected chi connectivity index (χ1v) is 11.0. The molecule has 162 valence electrons. The predicted octanol–water partition coefficient (Wildman–Crippen LogP) is 4.46. The van der Waals surface area contributed by atoms with Gasteiger partial charge in [-0.2, -0.15) is 0 Å². The lowest BCUT2D eigenvalue weighted by Gasteiger charge is -2.33. The summed E-state index contributed by atoms with van der Waals surface area (Å²) in [5.74, 6) is 1.66. The Morgan fingerprint density at radius 3 is 2.62 bits per heavy atom. The van der Waals surface area contributed by atoms with Gasteiger partial charge < -0.3 is 14.2 Å². The Kier molecular flexibility index (Phi) is 5.36. The molecule has 0 saturated carbocycles. The van der Waals surface area contributed by atoms with Crippen LogP contribution in [0.1, 0.15) is 12.6 Å². The molecule has 8 heteroatoms. The average Bonchev–Trinajstić information content (AvgIpc) is 3.25. The number of benzene rings is 2. The zero-order chi connectivity index (χ0) is 22.1. The Morgan fingerprint density at radius 2 is 1.88 bits per heavy atom. The summed E-state index contributed by atoms with van der Waals surface area (Å²) in [6.45, 7) is 2.10. The van der Waals surface area contributed by atoms with Crippen LogP contribution in [0.25, 0.3) is 10.2 Å². The van der Waals surface area contributed by atoms with E-state index in [1.54, 1.807) is 24.3 Å². The first kappa shape index (κ1) is 20.3. The van der Waals surface area contributed by atoms with Crippen molar-refractivity contribution in [3.63, 3.8) is 0 Å². The van der Waals surface area contributed by atoms with Crippen molar-refractivity contribution in [1.29, 1.82) is 0 Å². The summed E-state index contributed by atoms with van der Waals surface area (Å²) in [7, 11) is 1.62. The molecule has 0 aliphatic carbocycles. The lowest BCUT2D eigenvalue weighted by molar-refractivity contribution is -0.130. The molecule has 7 nitrogen and oxygen atoms in total. The van der Waals surface area contributed by atoms with Gasteiger partial charge in [0, 0.05) is 12.3 Å². The number of para-hydroxylation sites is 2. The maximum atomic E-state index is 13.8. The molecular formula is C24H21N3O4S. The van der Waals surface area contributed by atoms with Crippen molar-refractivity contribution < 1.29 is 19.0 Å². The molecule has 0 N–H and O–H groups in total. The largest absolute Gasteiger partial charge is 0.497 e. The van der Waals surface area contributed by atoms with E-state index in [-0.39, 0.29) is 12.5 Å². The van der Waals surface area contributed by atoms with Crippen molar-refractivity contribution in [2.45, 2.75) is 25.7 Å². The molecule has 0 spiro atoms. The Hall–Kier alpha value is -3.65. The number of rotatable bonds is 5. The normalized spacial score (nSPS) is 17.2. The van der Waals surface area contributed by atoms with Crippen molar-refractivity contribution in [2.75, 3.05) is 12.0 Å². The number of nitrogens with zero attached hydrogens (tertiary/aromatic N) is 3. The highest BCUT2D eigenvalue weighted by atomic mass is 32.1. The molecule has 5 rings (SSSR count). The number of aromatic nitrogens is 2. The zero-order valence-electron chi connectivity index (χ0n) is 17.6. The molecule has 0 bridgehead atoms. The molecule has 2 aromatic heterocycles. The Labute approximate surface area is 189 Å². The summed E-state index contributed by atoms with van der Waals surface area (Å²) in [5.41, 5.74) is 1.52. The van der Waals surface area contributed by atoms with Crippen LogP contribution in [0.5, 0.6) is 17.2 Å². The Morgan fingerprint density at radius 1 is 1.09 bits per heavy atom. The summed E-state index contributed by atoms with van der Waals surface area (Å²) >= 11 is 1.44. The molecule has 3 heterocycles. The van der Waals surface area contributed by atoms with Crippen LogP contribution in [0.2, 0.25) is 0 Å².